The van der Waals surface area contributed by atoms with E-state index in [1.807, 2.05) is 6.92 Å². The summed E-state index contributed by atoms with van der Waals surface area (Å²) >= 11 is 0. The van der Waals surface area contributed by atoms with Crippen molar-refractivity contribution in [2.24, 2.45) is 16.8 Å². The van der Waals surface area contributed by atoms with E-state index < -0.39 is 11.6 Å². The molecule has 1 rings (SSSR count). The molecular formula is C14H25N3O3. The highest BCUT2D eigenvalue weighted by atomic mass is 16.6. The second-order valence-corrected chi connectivity index (χ2v) is 5.58. The molecular weight excluding hydrogens is 258 g/mol. The van der Waals surface area contributed by atoms with Crippen LogP contribution in [0, 0.1) is 5.92 Å². The summed E-state index contributed by atoms with van der Waals surface area (Å²) in [7, 11) is 0. The Morgan fingerprint density at radius 2 is 2.20 bits per heavy atom. The zero-order valence-corrected chi connectivity index (χ0v) is 12.6. The van der Waals surface area contributed by atoms with Crippen molar-refractivity contribution in [1.82, 2.24) is 5.43 Å². The van der Waals surface area contributed by atoms with E-state index in [0.717, 1.165) is 19.3 Å². The number of carbonyl (C=O) groups excluding carboxylic acids is 2. The number of rotatable bonds is 7. The third-order valence-corrected chi connectivity index (χ3v) is 3.80. The highest BCUT2D eigenvalue weighted by Gasteiger charge is 2.45. The number of hydrazone groups is 1. The number of ether oxygens (including phenoxy) is 1. The lowest BCUT2D eigenvalue weighted by atomic mass is 9.89. The van der Waals surface area contributed by atoms with Crippen LogP contribution in [0.1, 0.15) is 59.3 Å². The molecule has 0 radical (unpaired) electrons. The summed E-state index contributed by atoms with van der Waals surface area (Å²) in [6.07, 6.45) is 6.02. The first-order chi connectivity index (χ1) is 9.39. The molecule has 2 atom stereocenters. The Morgan fingerprint density at radius 1 is 1.50 bits per heavy atom. The number of nitrogens with one attached hydrogen (secondary N) is 1. The van der Waals surface area contributed by atoms with Gasteiger partial charge >= 0.3 is 12.0 Å². The monoisotopic (exact) mass is 283 g/mol. The van der Waals surface area contributed by atoms with Crippen molar-refractivity contribution in [1.29, 1.82) is 0 Å². The van der Waals surface area contributed by atoms with E-state index in [4.69, 9.17) is 10.5 Å². The van der Waals surface area contributed by atoms with Crippen molar-refractivity contribution < 1.29 is 14.3 Å². The Bertz CT molecular complexity index is 395. The predicted molar refractivity (Wildman–Crippen MR) is 77.2 cm³/mol. The van der Waals surface area contributed by atoms with Gasteiger partial charge in [-0.05, 0) is 20.3 Å². The molecule has 6 nitrogen and oxygen atoms in total. The summed E-state index contributed by atoms with van der Waals surface area (Å²) in [5, 5.41) is 3.87. The minimum atomic E-state index is -0.741. The molecule has 0 saturated carbocycles. The van der Waals surface area contributed by atoms with Crippen molar-refractivity contribution in [3.63, 3.8) is 0 Å². The highest BCUT2D eigenvalue weighted by Crippen LogP contribution is 2.35. The van der Waals surface area contributed by atoms with E-state index in [-0.39, 0.29) is 11.9 Å². The van der Waals surface area contributed by atoms with Gasteiger partial charge in [0.1, 0.15) is 5.60 Å². The van der Waals surface area contributed by atoms with Crippen LogP contribution < -0.4 is 11.2 Å². The van der Waals surface area contributed by atoms with E-state index in [2.05, 4.69) is 17.5 Å². The smallest absolute Gasteiger partial charge is 0.332 e. The van der Waals surface area contributed by atoms with Gasteiger partial charge in [-0.25, -0.2) is 10.2 Å². The van der Waals surface area contributed by atoms with Gasteiger partial charge in [-0.3, -0.25) is 4.79 Å². The second-order valence-electron chi connectivity index (χ2n) is 5.58. The van der Waals surface area contributed by atoms with E-state index in [0.29, 0.717) is 12.1 Å². The van der Waals surface area contributed by atoms with Crippen LogP contribution in [0.15, 0.2) is 5.10 Å². The number of unbranched alkanes of at least 4 members (excludes halogenated alkanes) is 3. The normalized spacial score (nSPS) is 26.4. The fraction of sp³-hybridized carbons (Fsp3) is 0.786. The molecule has 1 aliphatic heterocycles. The van der Waals surface area contributed by atoms with Gasteiger partial charge in [0, 0.05) is 6.42 Å². The quantitative estimate of drug-likeness (QED) is 0.325. The van der Waals surface area contributed by atoms with Crippen molar-refractivity contribution in [2.45, 2.75) is 64.9 Å². The zero-order chi connectivity index (χ0) is 15.2. The minimum absolute atomic E-state index is 0.0735. The van der Waals surface area contributed by atoms with Crippen LogP contribution in [-0.2, 0) is 9.53 Å². The molecule has 0 unspecified atom stereocenters. The fourth-order valence-corrected chi connectivity index (χ4v) is 2.42. The van der Waals surface area contributed by atoms with Crippen molar-refractivity contribution in [3.8, 4) is 0 Å². The van der Waals surface area contributed by atoms with Crippen LogP contribution in [0.4, 0.5) is 4.79 Å². The maximum Gasteiger partial charge on any atom is 0.332 e. The number of cyclic esters (lactones) is 1. The molecule has 0 spiro atoms. The number of carbonyl (C=O) groups is 2. The third kappa shape index (κ3) is 4.51. The van der Waals surface area contributed by atoms with E-state index in [1.165, 1.54) is 12.8 Å². The standard InChI is InChI=1S/C14H25N3O3/c1-4-5-6-7-8-11-9-14(3,20-12(11)18)10(2)16-17-13(15)19/h11H,4-9H2,1-3H3,(H3,15,17,19)/b16-10-/t11-,14-/m1/s1. The van der Waals surface area contributed by atoms with E-state index in [9.17, 15) is 9.59 Å². The summed E-state index contributed by atoms with van der Waals surface area (Å²) < 4.78 is 5.45. The molecule has 0 aromatic carbocycles. The van der Waals surface area contributed by atoms with Gasteiger partial charge in [0.2, 0.25) is 0 Å². The Labute approximate surface area is 120 Å². The van der Waals surface area contributed by atoms with Crippen LogP contribution >= 0.6 is 0 Å². The molecule has 0 aromatic heterocycles. The lowest BCUT2D eigenvalue weighted by molar-refractivity contribution is -0.146. The Kier molecular flexibility index (Phi) is 5.98. The summed E-state index contributed by atoms with van der Waals surface area (Å²) in [6.45, 7) is 5.70. The van der Waals surface area contributed by atoms with Gasteiger partial charge in [-0.1, -0.05) is 32.6 Å². The maximum absolute atomic E-state index is 11.9. The van der Waals surface area contributed by atoms with Crippen molar-refractivity contribution in [2.75, 3.05) is 0 Å². The number of amides is 2. The molecule has 6 heteroatoms. The van der Waals surface area contributed by atoms with Gasteiger partial charge in [0.15, 0.2) is 0 Å². The second kappa shape index (κ2) is 7.26. The molecule has 0 aliphatic carbocycles. The molecule has 2 amide bonds. The van der Waals surface area contributed by atoms with Crippen LogP contribution in [0.3, 0.4) is 0 Å². The van der Waals surface area contributed by atoms with Gasteiger partial charge in [0.25, 0.3) is 0 Å². The van der Waals surface area contributed by atoms with Gasteiger partial charge in [-0.15, -0.1) is 0 Å². The molecule has 0 aromatic rings. The molecule has 1 fully saturated rings. The minimum Gasteiger partial charge on any atom is -0.453 e. The summed E-state index contributed by atoms with van der Waals surface area (Å²) in [4.78, 5) is 22.6. The SMILES string of the molecule is CCCCCC[C@@H]1C[C@](C)(/C(C)=N\NC(N)=O)OC1=O. The third-order valence-electron chi connectivity index (χ3n) is 3.80. The van der Waals surface area contributed by atoms with Crippen molar-refractivity contribution >= 4 is 17.7 Å². The van der Waals surface area contributed by atoms with Crippen LogP contribution in [-0.4, -0.2) is 23.3 Å². The average Bonchev–Trinajstić information content (AvgIpc) is 2.68. The maximum atomic E-state index is 11.9. The summed E-state index contributed by atoms with van der Waals surface area (Å²) in [5.41, 5.74) is 6.95. The first kappa shape index (κ1) is 16.5. The summed E-state index contributed by atoms with van der Waals surface area (Å²) in [6, 6.07) is -0.728. The van der Waals surface area contributed by atoms with E-state index >= 15 is 0 Å². The lowest BCUT2D eigenvalue weighted by Crippen LogP contribution is -2.36. The summed E-state index contributed by atoms with van der Waals surface area (Å²) in [5.74, 6) is -0.242. The lowest BCUT2D eigenvalue weighted by Gasteiger charge is -2.22. The number of hydrogen-bond acceptors (Lipinski definition) is 4. The molecule has 1 heterocycles. The molecule has 0 bridgehead atoms. The largest absolute Gasteiger partial charge is 0.453 e. The Balaban J connectivity index is 2.55. The Hall–Kier alpha value is -1.59. The van der Waals surface area contributed by atoms with Crippen LogP contribution in [0.5, 0.6) is 0 Å². The highest BCUT2D eigenvalue weighted by molar-refractivity contribution is 5.95. The van der Waals surface area contributed by atoms with Crippen LogP contribution in [0.2, 0.25) is 0 Å². The number of nitrogens with two attached hydrogens (primary N) is 1. The first-order valence-corrected chi connectivity index (χ1v) is 7.22. The number of hydrogen-bond donors (Lipinski definition) is 2. The Morgan fingerprint density at radius 3 is 2.80 bits per heavy atom. The van der Waals surface area contributed by atoms with Crippen molar-refractivity contribution in [3.05, 3.63) is 0 Å². The zero-order valence-electron chi connectivity index (χ0n) is 12.6. The average molecular weight is 283 g/mol. The van der Waals surface area contributed by atoms with Gasteiger partial charge in [-0.2, -0.15) is 5.10 Å². The molecule has 3 N–H and O–H groups in total. The van der Waals surface area contributed by atoms with Gasteiger partial charge < -0.3 is 10.5 Å². The number of nitrogens with zero attached hydrogens (tertiary/aromatic N) is 1. The van der Waals surface area contributed by atoms with Crippen LogP contribution in [0.25, 0.3) is 0 Å². The van der Waals surface area contributed by atoms with E-state index in [1.54, 1.807) is 6.92 Å². The molecule has 1 aliphatic rings. The number of primary amides is 1. The number of esters is 1. The molecule has 1 saturated heterocycles. The fourth-order valence-electron chi connectivity index (χ4n) is 2.42. The topological polar surface area (TPSA) is 93.8 Å². The predicted octanol–water partition coefficient (Wildman–Crippen LogP) is 2.32. The molecule has 20 heavy (non-hydrogen) atoms. The molecule has 114 valence electrons. The first-order valence-electron chi connectivity index (χ1n) is 7.22. The van der Waals surface area contributed by atoms with Gasteiger partial charge in [0.05, 0.1) is 11.6 Å². The number of urea groups is 1.